The molecule has 0 heterocycles. The zero-order valence-corrected chi connectivity index (χ0v) is 19.6. The molecule has 0 amide bonds. The molecule has 2 rings (SSSR count). The van der Waals surface area contributed by atoms with Crippen LogP contribution in [0.3, 0.4) is 0 Å². The van der Waals surface area contributed by atoms with Crippen LogP contribution in [0.4, 0.5) is 4.39 Å². The van der Waals surface area contributed by atoms with Crippen LogP contribution in [0.25, 0.3) is 0 Å². The predicted octanol–water partition coefficient (Wildman–Crippen LogP) is 8.37. The Morgan fingerprint density at radius 1 is 1.04 bits per heavy atom. The highest BCUT2D eigenvalue weighted by Crippen LogP contribution is 2.61. The van der Waals surface area contributed by atoms with Crippen LogP contribution in [0, 0.1) is 29.1 Å². The summed E-state index contributed by atoms with van der Waals surface area (Å²) < 4.78 is 14.8. The van der Waals surface area contributed by atoms with Crippen molar-refractivity contribution in [2.75, 3.05) is 0 Å². The monoisotopic (exact) mass is 464 g/mol. The summed E-state index contributed by atoms with van der Waals surface area (Å²) >= 11 is 2.66. The third-order valence-corrected chi connectivity index (χ3v) is 8.13. The van der Waals surface area contributed by atoms with Crippen LogP contribution >= 0.6 is 22.6 Å². The van der Waals surface area contributed by atoms with Crippen LogP contribution in [0.1, 0.15) is 105 Å². The van der Waals surface area contributed by atoms with Crippen molar-refractivity contribution in [3.05, 3.63) is 0 Å². The average molecular weight is 464 g/mol. The minimum Gasteiger partial charge on any atom is -0.245 e. The van der Waals surface area contributed by atoms with Gasteiger partial charge in [0.15, 0.2) is 0 Å². The standard InChI is InChI=1S/C23H42FI/c1-17(2)14-19(15-18(3)10-11-22(4,5)24)16-23(12-13-23)20-6-8-21(25)9-7-20/h17-21H,6-16H2,1-5H3/t18-,19?,20?,21?/m1/s1. The smallest absolute Gasteiger partial charge is 0.105 e. The van der Waals surface area contributed by atoms with Gasteiger partial charge in [0.1, 0.15) is 5.67 Å². The van der Waals surface area contributed by atoms with Crippen molar-refractivity contribution in [3.8, 4) is 0 Å². The minimum atomic E-state index is -1.00. The molecule has 0 saturated heterocycles. The van der Waals surface area contributed by atoms with E-state index in [0.717, 1.165) is 28.1 Å². The lowest BCUT2D eigenvalue weighted by Gasteiger charge is -2.36. The Hall–Kier alpha value is 0.660. The molecular formula is C23H42FI. The zero-order chi connectivity index (χ0) is 18.7. The molecule has 0 radical (unpaired) electrons. The second kappa shape index (κ2) is 9.24. The minimum absolute atomic E-state index is 0.666. The molecule has 2 fully saturated rings. The first kappa shape index (κ1) is 22.0. The molecule has 0 bridgehead atoms. The molecule has 2 saturated carbocycles. The van der Waals surface area contributed by atoms with Gasteiger partial charge in [-0.05, 0) is 114 Å². The van der Waals surface area contributed by atoms with E-state index in [0.29, 0.717) is 17.8 Å². The summed E-state index contributed by atoms with van der Waals surface area (Å²) in [6, 6.07) is 0. The third-order valence-electron chi connectivity index (χ3n) is 6.88. The van der Waals surface area contributed by atoms with E-state index in [2.05, 4.69) is 43.4 Å². The topological polar surface area (TPSA) is 0 Å². The Morgan fingerprint density at radius 2 is 1.64 bits per heavy atom. The van der Waals surface area contributed by atoms with Gasteiger partial charge in [-0.2, -0.15) is 0 Å². The molecule has 0 N–H and O–H groups in total. The highest BCUT2D eigenvalue weighted by Gasteiger charge is 2.50. The molecule has 1 unspecified atom stereocenters. The molecule has 0 aromatic heterocycles. The SMILES string of the molecule is CC(C)CC(C[C@H](C)CCC(C)(C)F)CC1(C2CCC(I)CC2)CC1. The summed E-state index contributed by atoms with van der Waals surface area (Å²) in [6.07, 6.45) is 14.7. The van der Waals surface area contributed by atoms with Crippen molar-refractivity contribution in [1.29, 1.82) is 0 Å². The molecule has 25 heavy (non-hydrogen) atoms. The lowest BCUT2D eigenvalue weighted by molar-refractivity contribution is 0.155. The summed E-state index contributed by atoms with van der Waals surface area (Å²) in [5, 5.41) is 0. The van der Waals surface area contributed by atoms with Gasteiger partial charge in [-0.3, -0.25) is 0 Å². The van der Waals surface area contributed by atoms with E-state index in [4.69, 9.17) is 0 Å². The number of rotatable bonds is 10. The number of halogens is 2. The molecule has 0 aromatic rings. The van der Waals surface area contributed by atoms with Crippen LogP contribution in [0.5, 0.6) is 0 Å². The van der Waals surface area contributed by atoms with Gasteiger partial charge in [0.2, 0.25) is 0 Å². The van der Waals surface area contributed by atoms with Gasteiger partial charge in [0.05, 0.1) is 0 Å². The lowest BCUT2D eigenvalue weighted by atomic mass is 9.71. The van der Waals surface area contributed by atoms with Gasteiger partial charge in [-0.1, -0.05) is 43.4 Å². The van der Waals surface area contributed by atoms with Gasteiger partial charge in [-0.15, -0.1) is 0 Å². The van der Waals surface area contributed by atoms with E-state index in [-0.39, 0.29) is 0 Å². The first-order valence-corrected chi connectivity index (χ1v) is 12.2. The maximum Gasteiger partial charge on any atom is 0.105 e. The van der Waals surface area contributed by atoms with Crippen molar-refractivity contribution in [2.24, 2.45) is 29.1 Å². The Morgan fingerprint density at radius 3 is 2.12 bits per heavy atom. The van der Waals surface area contributed by atoms with E-state index in [1.165, 1.54) is 57.8 Å². The van der Waals surface area contributed by atoms with Crippen LogP contribution in [0.15, 0.2) is 0 Å². The number of hydrogen-bond donors (Lipinski definition) is 0. The molecular weight excluding hydrogens is 422 g/mol. The van der Waals surface area contributed by atoms with E-state index in [1.54, 1.807) is 13.8 Å². The van der Waals surface area contributed by atoms with E-state index in [9.17, 15) is 4.39 Å². The Bertz CT molecular complexity index is 385. The van der Waals surface area contributed by atoms with Crippen molar-refractivity contribution < 1.29 is 4.39 Å². The Kier molecular flexibility index (Phi) is 8.11. The molecule has 2 atom stereocenters. The van der Waals surface area contributed by atoms with Crippen molar-refractivity contribution in [2.45, 2.75) is 115 Å². The normalized spacial score (nSPS) is 28.8. The molecule has 0 nitrogen and oxygen atoms in total. The zero-order valence-electron chi connectivity index (χ0n) is 17.4. The molecule has 2 heteroatoms. The third kappa shape index (κ3) is 7.66. The lowest BCUT2D eigenvalue weighted by Crippen LogP contribution is -2.26. The summed E-state index contributed by atoms with van der Waals surface area (Å²) in [7, 11) is 0. The highest BCUT2D eigenvalue weighted by atomic mass is 127. The average Bonchev–Trinajstić information content (AvgIpc) is 3.25. The van der Waals surface area contributed by atoms with E-state index < -0.39 is 5.67 Å². The Balaban J connectivity index is 1.88. The largest absolute Gasteiger partial charge is 0.245 e. The quantitative estimate of drug-likeness (QED) is 0.225. The van der Waals surface area contributed by atoms with Crippen LogP contribution < -0.4 is 0 Å². The predicted molar refractivity (Wildman–Crippen MR) is 117 cm³/mol. The van der Waals surface area contributed by atoms with Crippen molar-refractivity contribution >= 4 is 22.6 Å². The summed E-state index contributed by atoms with van der Waals surface area (Å²) in [5.74, 6) is 3.32. The first-order chi connectivity index (χ1) is 11.6. The fourth-order valence-corrected chi connectivity index (χ4v) is 6.10. The summed E-state index contributed by atoms with van der Waals surface area (Å²) in [4.78, 5) is 0. The molecule has 0 spiro atoms. The van der Waals surface area contributed by atoms with Gasteiger partial charge < -0.3 is 0 Å². The van der Waals surface area contributed by atoms with Crippen molar-refractivity contribution in [1.82, 2.24) is 0 Å². The number of hydrogen-bond acceptors (Lipinski definition) is 0. The second-order valence-electron chi connectivity index (χ2n) is 10.6. The highest BCUT2D eigenvalue weighted by molar-refractivity contribution is 14.1. The maximum atomic E-state index is 13.9. The number of alkyl halides is 2. The van der Waals surface area contributed by atoms with Gasteiger partial charge in [-0.25, -0.2) is 4.39 Å². The van der Waals surface area contributed by atoms with Crippen LogP contribution in [-0.4, -0.2) is 9.59 Å². The second-order valence-corrected chi connectivity index (χ2v) is 12.4. The summed E-state index contributed by atoms with van der Waals surface area (Å²) in [6.45, 7) is 10.6. The van der Waals surface area contributed by atoms with Gasteiger partial charge in [0.25, 0.3) is 0 Å². The summed E-state index contributed by atoms with van der Waals surface area (Å²) in [5.41, 5.74) is -0.299. The van der Waals surface area contributed by atoms with E-state index in [1.807, 2.05) is 0 Å². The van der Waals surface area contributed by atoms with E-state index >= 15 is 0 Å². The van der Waals surface area contributed by atoms with Crippen molar-refractivity contribution in [3.63, 3.8) is 0 Å². The van der Waals surface area contributed by atoms with Crippen LogP contribution in [0.2, 0.25) is 0 Å². The van der Waals surface area contributed by atoms with Gasteiger partial charge in [0, 0.05) is 3.92 Å². The fraction of sp³-hybridized carbons (Fsp3) is 1.00. The molecule has 2 aliphatic rings. The van der Waals surface area contributed by atoms with Gasteiger partial charge >= 0.3 is 0 Å². The van der Waals surface area contributed by atoms with Crippen LogP contribution in [-0.2, 0) is 0 Å². The molecule has 2 aliphatic carbocycles. The fourth-order valence-electron chi connectivity index (χ4n) is 5.39. The Labute approximate surface area is 170 Å². The molecule has 0 aromatic carbocycles. The maximum absolute atomic E-state index is 13.9. The molecule has 148 valence electrons. The first-order valence-electron chi connectivity index (χ1n) is 10.9. The molecule has 0 aliphatic heterocycles.